The number of nitrogens with zero attached hydrogens (tertiary/aromatic N) is 4. The van der Waals surface area contributed by atoms with Crippen LogP contribution in [0.15, 0.2) is 36.8 Å². The Kier molecular flexibility index (Phi) is 3.77. The molecule has 1 aliphatic heterocycles. The zero-order valence-corrected chi connectivity index (χ0v) is 12.7. The van der Waals surface area contributed by atoms with Gasteiger partial charge in [0.2, 0.25) is 10.0 Å². The second kappa shape index (κ2) is 5.57. The van der Waals surface area contributed by atoms with E-state index in [4.69, 9.17) is 0 Å². The van der Waals surface area contributed by atoms with Crippen LogP contribution < -0.4 is 0 Å². The Morgan fingerprint density at radius 3 is 2.52 bits per heavy atom. The van der Waals surface area contributed by atoms with Gasteiger partial charge >= 0.3 is 0 Å². The van der Waals surface area contributed by atoms with E-state index in [1.807, 2.05) is 24.4 Å². The van der Waals surface area contributed by atoms with Gasteiger partial charge in [0.15, 0.2) is 5.82 Å². The van der Waals surface area contributed by atoms with Crippen LogP contribution in [0.1, 0.15) is 18.9 Å². The fraction of sp³-hybridized carbons (Fsp3) is 0.429. The van der Waals surface area contributed by atoms with E-state index >= 15 is 0 Å². The smallest absolute Gasteiger partial charge is 0.211 e. The lowest BCUT2D eigenvalue weighted by molar-refractivity contribution is 0.276. The van der Waals surface area contributed by atoms with Gasteiger partial charge in [-0.05, 0) is 25.0 Å². The van der Waals surface area contributed by atoms with Crippen molar-refractivity contribution in [2.24, 2.45) is 0 Å². The van der Waals surface area contributed by atoms with Gasteiger partial charge in [0.1, 0.15) is 5.69 Å². The van der Waals surface area contributed by atoms with E-state index in [9.17, 15) is 8.42 Å². The molecule has 0 aromatic carbocycles. The highest BCUT2D eigenvalue weighted by molar-refractivity contribution is 7.88. The molecular formula is C14H18N4O2S. The van der Waals surface area contributed by atoms with Crippen molar-refractivity contribution in [3.05, 3.63) is 36.8 Å². The highest BCUT2D eigenvalue weighted by atomic mass is 32.2. The molecule has 0 amide bonds. The molecule has 3 rings (SSSR count). The van der Waals surface area contributed by atoms with Crippen molar-refractivity contribution in [1.29, 1.82) is 0 Å². The number of imidazole rings is 1. The van der Waals surface area contributed by atoms with Crippen molar-refractivity contribution in [2.45, 2.75) is 18.9 Å². The summed E-state index contributed by atoms with van der Waals surface area (Å²) in [6, 6.07) is 6.02. The minimum Gasteiger partial charge on any atom is -0.327 e. The number of aromatic nitrogens is 3. The highest BCUT2D eigenvalue weighted by Crippen LogP contribution is 2.28. The quantitative estimate of drug-likeness (QED) is 0.862. The van der Waals surface area contributed by atoms with Gasteiger partial charge in [0, 0.05) is 37.7 Å². The van der Waals surface area contributed by atoms with Gasteiger partial charge in [0.25, 0.3) is 0 Å². The van der Waals surface area contributed by atoms with Crippen molar-refractivity contribution in [1.82, 2.24) is 18.8 Å². The fourth-order valence-electron chi connectivity index (χ4n) is 2.75. The summed E-state index contributed by atoms with van der Waals surface area (Å²) in [6.45, 7) is 1.12. The standard InChI is InChI=1S/C14H18N4O2S/c1-21(19,20)17-9-5-12(6-10-17)18-11-8-16-14(18)13-4-2-3-7-15-13/h2-4,7-8,11-12H,5-6,9-10H2,1H3. The van der Waals surface area contributed by atoms with Crippen LogP contribution in [0.4, 0.5) is 0 Å². The average Bonchev–Trinajstić information content (AvgIpc) is 2.97. The van der Waals surface area contributed by atoms with Crippen molar-refractivity contribution < 1.29 is 8.42 Å². The summed E-state index contributed by atoms with van der Waals surface area (Å²) in [5, 5.41) is 0. The van der Waals surface area contributed by atoms with Crippen LogP contribution in [0.5, 0.6) is 0 Å². The first-order valence-corrected chi connectivity index (χ1v) is 8.80. The Bertz CT molecular complexity index is 704. The maximum Gasteiger partial charge on any atom is 0.211 e. The van der Waals surface area contributed by atoms with Crippen molar-refractivity contribution >= 4 is 10.0 Å². The molecule has 112 valence electrons. The Morgan fingerprint density at radius 2 is 1.90 bits per heavy atom. The summed E-state index contributed by atoms with van der Waals surface area (Å²) in [7, 11) is -3.08. The number of rotatable bonds is 3. The second-order valence-electron chi connectivity index (χ2n) is 5.27. The van der Waals surface area contributed by atoms with Crippen LogP contribution in [0.3, 0.4) is 0 Å². The molecule has 0 unspecified atom stereocenters. The predicted molar refractivity (Wildman–Crippen MR) is 80.1 cm³/mol. The summed E-state index contributed by atoms with van der Waals surface area (Å²) in [5.41, 5.74) is 0.841. The first-order valence-electron chi connectivity index (χ1n) is 6.95. The van der Waals surface area contributed by atoms with Crippen LogP contribution in [-0.4, -0.2) is 46.6 Å². The number of hydrogen-bond acceptors (Lipinski definition) is 4. The van der Waals surface area contributed by atoms with Crippen LogP contribution in [-0.2, 0) is 10.0 Å². The Balaban J connectivity index is 1.80. The zero-order valence-electron chi connectivity index (χ0n) is 11.9. The molecule has 0 saturated carbocycles. The van der Waals surface area contributed by atoms with Crippen molar-refractivity contribution in [2.75, 3.05) is 19.3 Å². The van der Waals surface area contributed by atoms with Gasteiger partial charge < -0.3 is 4.57 Å². The van der Waals surface area contributed by atoms with E-state index in [0.717, 1.165) is 24.4 Å². The maximum atomic E-state index is 11.6. The van der Waals surface area contributed by atoms with E-state index in [0.29, 0.717) is 13.1 Å². The van der Waals surface area contributed by atoms with Crippen LogP contribution >= 0.6 is 0 Å². The number of piperidine rings is 1. The average molecular weight is 306 g/mol. The van der Waals surface area contributed by atoms with Crippen molar-refractivity contribution in [3.63, 3.8) is 0 Å². The minimum atomic E-state index is -3.08. The number of sulfonamides is 1. The molecule has 0 spiro atoms. The third-order valence-corrected chi connectivity index (χ3v) is 5.15. The molecule has 1 aliphatic rings. The Labute approximate surface area is 124 Å². The molecule has 0 radical (unpaired) electrons. The van der Waals surface area contributed by atoms with E-state index in [2.05, 4.69) is 14.5 Å². The topological polar surface area (TPSA) is 68.1 Å². The monoisotopic (exact) mass is 306 g/mol. The van der Waals surface area contributed by atoms with E-state index in [1.165, 1.54) is 6.26 Å². The Morgan fingerprint density at radius 1 is 1.14 bits per heavy atom. The molecule has 21 heavy (non-hydrogen) atoms. The summed E-state index contributed by atoms with van der Waals surface area (Å²) in [6.07, 6.45) is 8.33. The van der Waals surface area contributed by atoms with E-state index in [1.54, 1.807) is 16.7 Å². The normalized spacial score (nSPS) is 18.0. The first kappa shape index (κ1) is 14.2. The van der Waals surface area contributed by atoms with Crippen molar-refractivity contribution in [3.8, 4) is 11.5 Å². The number of pyridine rings is 1. The lowest BCUT2D eigenvalue weighted by Crippen LogP contribution is -2.38. The first-order chi connectivity index (χ1) is 10.1. The SMILES string of the molecule is CS(=O)(=O)N1CCC(n2ccnc2-c2ccccn2)CC1. The molecule has 7 heteroatoms. The van der Waals surface area contributed by atoms with E-state index in [-0.39, 0.29) is 6.04 Å². The molecule has 0 N–H and O–H groups in total. The summed E-state index contributed by atoms with van der Waals surface area (Å²) >= 11 is 0. The molecule has 2 aromatic heterocycles. The third-order valence-electron chi connectivity index (χ3n) is 3.85. The van der Waals surface area contributed by atoms with Gasteiger partial charge in [-0.2, -0.15) is 0 Å². The lowest BCUT2D eigenvalue weighted by Gasteiger charge is -2.31. The third kappa shape index (κ3) is 2.98. The summed E-state index contributed by atoms with van der Waals surface area (Å²) < 4.78 is 26.8. The van der Waals surface area contributed by atoms with Crippen LogP contribution in [0.25, 0.3) is 11.5 Å². The molecule has 3 heterocycles. The number of hydrogen-bond donors (Lipinski definition) is 0. The molecule has 0 atom stereocenters. The van der Waals surface area contributed by atoms with Gasteiger partial charge in [-0.25, -0.2) is 17.7 Å². The summed E-state index contributed by atoms with van der Waals surface area (Å²) in [5.74, 6) is 0.841. The molecule has 2 aromatic rings. The predicted octanol–water partition coefficient (Wildman–Crippen LogP) is 1.54. The maximum absolute atomic E-state index is 11.6. The van der Waals surface area contributed by atoms with E-state index < -0.39 is 10.0 Å². The molecule has 6 nitrogen and oxygen atoms in total. The molecule has 0 aliphatic carbocycles. The lowest BCUT2D eigenvalue weighted by atomic mass is 10.1. The van der Waals surface area contributed by atoms with Gasteiger partial charge in [0.05, 0.1) is 6.26 Å². The molecule has 1 saturated heterocycles. The highest BCUT2D eigenvalue weighted by Gasteiger charge is 2.27. The summed E-state index contributed by atoms with van der Waals surface area (Å²) in [4.78, 5) is 8.74. The van der Waals surface area contributed by atoms with Gasteiger partial charge in [-0.3, -0.25) is 4.98 Å². The fourth-order valence-corrected chi connectivity index (χ4v) is 3.63. The molecule has 0 bridgehead atoms. The van der Waals surface area contributed by atoms with Crippen LogP contribution in [0, 0.1) is 0 Å². The van der Waals surface area contributed by atoms with Gasteiger partial charge in [-0.1, -0.05) is 6.07 Å². The molecule has 1 fully saturated rings. The zero-order chi connectivity index (χ0) is 14.9. The largest absolute Gasteiger partial charge is 0.327 e. The minimum absolute atomic E-state index is 0.266. The Hall–Kier alpha value is -1.73. The second-order valence-corrected chi connectivity index (χ2v) is 7.25. The molecular weight excluding hydrogens is 288 g/mol. The van der Waals surface area contributed by atoms with Gasteiger partial charge in [-0.15, -0.1) is 0 Å². The van der Waals surface area contributed by atoms with Crippen LogP contribution in [0.2, 0.25) is 0 Å².